The summed E-state index contributed by atoms with van der Waals surface area (Å²) >= 11 is 1.28. The zero-order valence-corrected chi connectivity index (χ0v) is 18.9. The molecule has 6 heteroatoms. The molecule has 0 radical (unpaired) electrons. The number of anilines is 1. The highest BCUT2D eigenvalue weighted by Crippen LogP contribution is 2.43. The Morgan fingerprint density at radius 1 is 0.812 bits per heavy atom. The highest BCUT2D eigenvalue weighted by atomic mass is 32.2. The first-order chi connectivity index (χ1) is 15.5. The summed E-state index contributed by atoms with van der Waals surface area (Å²) in [4.78, 5) is 29.6. The van der Waals surface area contributed by atoms with Gasteiger partial charge < -0.3 is 9.47 Å². The summed E-state index contributed by atoms with van der Waals surface area (Å²) in [5, 5.41) is 0. The van der Waals surface area contributed by atoms with Gasteiger partial charge in [-0.05, 0) is 56.3 Å². The maximum atomic E-state index is 13.6. The average Bonchev–Trinajstić information content (AvgIpc) is 3.04. The first-order valence-corrected chi connectivity index (χ1v) is 11.1. The maximum absolute atomic E-state index is 13.6. The van der Waals surface area contributed by atoms with Crippen LogP contribution in [0.3, 0.4) is 0 Å². The number of methoxy groups -OCH3 is 1. The lowest BCUT2D eigenvalue weighted by atomic mass is 10.0. The fourth-order valence-electron chi connectivity index (χ4n) is 3.48. The van der Waals surface area contributed by atoms with Gasteiger partial charge in [0.05, 0.1) is 29.4 Å². The second kappa shape index (κ2) is 9.32. The summed E-state index contributed by atoms with van der Waals surface area (Å²) in [6.45, 7) is 3.88. The molecule has 0 aromatic heterocycles. The van der Waals surface area contributed by atoms with E-state index in [1.807, 2.05) is 56.3 Å². The van der Waals surface area contributed by atoms with E-state index in [-0.39, 0.29) is 17.9 Å². The molecule has 0 bridgehead atoms. The Labute approximate surface area is 191 Å². The lowest BCUT2D eigenvalue weighted by Crippen LogP contribution is -2.31. The fourth-order valence-corrected chi connectivity index (χ4v) is 4.49. The highest BCUT2D eigenvalue weighted by molar-refractivity contribution is 8.04. The van der Waals surface area contributed by atoms with E-state index in [4.69, 9.17) is 9.47 Å². The van der Waals surface area contributed by atoms with Crippen LogP contribution in [0.15, 0.2) is 88.7 Å². The van der Waals surface area contributed by atoms with Gasteiger partial charge in [0, 0.05) is 10.5 Å². The van der Waals surface area contributed by atoms with Crippen molar-refractivity contribution in [3.63, 3.8) is 0 Å². The molecule has 1 aliphatic heterocycles. The Kier molecular flexibility index (Phi) is 6.32. The van der Waals surface area contributed by atoms with Crippen LogP contribution in [0.25, 0.3) is 5.57 Å². The minimum absolute atomic E-state index is 0.0311. The molecule has 0 N–H and O–H groups in total. The molecule has 3 aromatic carbocycles. The van der Waals surface area contributed by atoms with Gasteiger partial charge in [0.25, 0.3) is 11.8 Å². The van der Waals surface area contributed by atoms with E-state index in [9.17, 15) is 9.59 Å². The average molecular weight is 446 g/mol. The largest absolute Gasteiger partial charge is 0.496 e. The number of amides is 2. The lowest BCUT2D eigenvalue weighted by molar-refractivity contribution is -0.119. The Morgan fingerprint density at radius 2 is 1.47 bits per heavy atom. The summed E-state index contributed by atoms with van der Waals surface area (Å²) in [6.07, 6.45) is 0.0311. The van der Waals surface area contributed by atoms with Crippen molar-refractivity contribution in [1.29, 1.82) is 0 Å². The monoisotopic (exact) mass is 445 g/mol. The summed E-state index contributed by atoms with van der Waals surface area (Å²) < 4.78 is 11.2. The van der Waals surface area contributed by atoms with E-state index in [0.29, 0.717) is 33.2 Å². The third-order valence-corrected chi connectivity index (χ3v) is 5.94. The number of hydrogen-bond acceptors (Lipinski definition) is 5. The Bertz CT molecular complexity index is 1170. The van der Waals surface area contributed by atoms with Gasteiger partial charge >= 0.3 is 0 Å². The second-order valence-corrected chi connectivity index (χ2v) is 8.51. The number of ether oxygens (including phenoxy) is 2. The van der Waals surface area contributed by atoms with Crippen molar-refractivity contribution in [3.8, 4) is 11.5 Å². The van der Waals surface area contributed by atoms with Gasteiger partial charge in [-0.25, -0.2) is 4.90 Å². The van der Waals surface area contributed by atoms with E-state index in [1.165, 1.54) is 16.7 Å². The zero-order valence-electron chi connectivity index (χ0n) is 18.1. The minimum atomic E-state index is -0.379. The summed E-state index contributed by atoms with van der Waals surface area (Å²) in [5.41, 5.74) is 1.42. The van der Waals surface area contributed by atoms with Crippen LogP contribution in [-0.4, -0.2) is 25.0 Å². The standard InChI is InChI=1S/C26H23NO4S/c1-17(2)31-19-15-13-18(14-16-19)27-25(28)23(21-11-7-8-12-22(21)30-3)24(26(27)29)32-20-9-5-4-6-10-20/h4-17H,1-3H3. The number of benzene rings is 3. The Balaban J connectivity index is 1.78. The molecule has 0 saturated heterocycles. The van der Waals surface area contributed by atoms with Crippen molar-refractivity contribution >= 4 is 34.8 Å². The van der Waals surface area contributed by atoms with Crippen LogP contribution in [0.4, 0.5) is 5.69 Å². The number of carbonyl (C=O) groups is 2. The van der Waals surface area contributed by atoms with Crippen LogP contribution in [-0.2, 0) is 9.59 Å². The SMILES string of the molecule is COc1ccccc1C1=C(Sc2ccccc2)C(=O)N(c2ccc(OC(C)C)cc2)C1=O. The third-order valence-electron chi connectivity index (χ3n) is 4.85. The summed E-state index contributed by atoms with van der Waals surface area (Å²) in [6, 6.07) is 23.8. The molecule has 1 aliphatic rings. The van der Waals surface area contributed by atoms with Crippen LogP contribution in [0.5, 0.6) is 11.5 Å². The number of nitrogens with zero attached hydrogens (tertiary/aromatic N) is 1. The predicted molar refractivity (Wildman–Crippen MR) is 127 cm³/mol. The van der Waals surface area contributed by atoms with E-state index < -0.39 is 0 Å². The topological polar surface area (TPSA) is 55.8 Å². The molecule has 0 saturated carbocycles. The van der Waals surface area contributed by atoms with E-state index in [2.05, 4.69) is 0 Å². The van der Waals surface area contributed by atoms with Crippen molar-refractivity contribution in [2.45, 2.75) is 24.8 Å². The number of imide groups is 1. The number of para-hydroxylation sites is 1. The molecule has 0 spiro atoms. The molecule has 3 aromatic rings. The number of rotatable bonds is 7. The quantitative estimate of drug-likeness (QED) is 0.446. The van der Waals surface area contributed by atoms with Crippen LogP contribution in [0.1, 0.15) is 19.4 Å². The van der Waals surface area contributed by atoms with Gasteiger partial charge in [0.1, 0.15) is 11.5 Å². The molecule has 162 valence electrons. The van der Waals surface area contributed by atoms with Gasteiger partial charge in [-0.2, -0.15) is 0 Å². The molecule has 0 atom stereocenters. The van der Waals surface area contributed by atoms with E-state index >= 15 is 0 Å². The molecule has 5 nitrogen and oxygen atoms in total. The molecule has 1 heterocycles. The lowest BCUT2D eigenvalue weighted by Gasteiger charge is -2.17. The minimum Gasteiger partial charge on any atom is -0.496 e. The van der Waals surface area contributed by atoms with Gasteiger partial charge in [0.2, 0.25) is 0 Å². The fraction of sp³-hybridized carbons (Fsp3) is 0.154. The molecule has 32 heavy (non-hydrogen) atoms. The Hall–Kier alpha value is -3.51. The van der Waals surface area contributed by atoms with Gasteiger partial charge in [0.15, 0.2) is 0 Å². The van der Waals surface area contributed by atoms with Crippen molar-refractivity contribution < 1.29 is 19.1 Å². The van der Waals surface area contributed by atoms with Crippen molar-refractivity contribution in [2.24, 2.45) is 0 Å². The van der Waals surface area contributed by atoms with Crippen molar-refractivity contribution in [2.75, 3.05) is 12.0 Å². The van der Waals surface area contributed by atoms with Crippen LogP contribution in [0, 0.1) is 0 Å². The summed E-state index contributed by atoms with van der Waals surface area (Å²) in [7, 11) is 1.55. The molecule has 0 unspecified atom stereocenters. The highest BCUT2D eigenvalue weighted by Gasteiger charge is 2.41. The first kappa shape index (κ1) is 21.7. The van der Waals surface area contributed by atoms with Crippen molar-refractivity contribution in [1.82, 2.24) is 0 Å². The zero-order chi connectivity index (χ0) is 22.7. The molecular formula is C26H23NO4S. The third kappa shape index (κ3) is 4.27. The van der Waals surface area contributed by atoms with Gasteiger partial charge in [-0.15, -0.1) is 0 Å². The van der Waals surface area contributed by atoms with Crippen molar-refractivity contribution in [3.05, 3.63) is 89.3 Å². The van der Waals surface area contributed by atoms with Crippen LogP contribution < -0.4 is 14.4 Å². The Morgan fingerprint density at radius 3 is 2.12 bits per heavy atom. The molecule has 0 aliphatic carbocycles. The first-order valence-electron chi connectivity index (χ1n) is 10.3. The molecule has 0 fully saturated rings. The molecular weight excluding hydrogens is 422 g/mol. The normalized spacial score (nSPS) is 13.8. The number of thioether (sulfide) groups is 1. The van der Waals surface area contributed by atoms with Gasteiger partial charge in [-0.1, -0.05) is 48.2 Å². The van der Waals surface area contributed by atoms with E-state index in [1.54, 1.807) is 43.5 Å². The van der Waals surface area contributed by atoms with E-state index in [0.717, 1.165) is 4.90 Å². The van der Waals surface area contributed by atoms with Gasteiger partial charge in [-0.3, -0.25) is 9.59 Å². The number of hydrogen-bond donors (Lipinski definition) is 0. The van der Waals surface area contributed by atoms with Crippen LogP contribution >= 0.6 is 11.8 Å². The predicted octanol–water partition coefficient (Wildman–Crippen LogP) is 5.56. The summed E-state index contributed by atoms with van der Waals surface area (Å²) in [5.74, 6) is 0.481. The maximum Gasteiger partial charge on any atom is 0.272 e. The smallest absolute Gasteiger partial charge is 0.272 e. The molecule has 2 amide bonds. The van der Waals surface area contributed by atoms with Crippen LogP contribution in [0.2, 0.25) is 0 Å². The molecule has 4 rings (SSSR count). The second-order valence-electron chi connectivity index (χ2n) is 7.43. The number of carbonyl (C=O) groups excluding carboxylic acids is 2.